The summed E-state index contributed by atoms with van der Waals surface area (Å²) >= 11 is 6.04. The van der Waals surface area contributed by atoms with E-state index in [1.165, 1.54) is 0 Å². The number of nitrogens with zero attached hydrogens (tertiary/aromatic N) is 2. The molecule has 1 fully saturated rings. The van der Waals surface area contributed by atoms with Crippen LogP contribution in [0.15, 0.2) is 12.4 Å². The van der Waals surface area contributed by atoms with Gasteiger partial charge in [0.05, 0.1) is 10.6 Å². The zero-order valence-corrected chi connectivity index (χ0v) is 14.0. The van der Waals surface area contributed by atoms with E-state index in [4.69, 9.17) is 11.6 Å². The SMILES string of the molecule is Cc1c(Cl)cncc1C(=O)NC1(C)CCN(C(C)C)CC1. The van der Waals surface area contributed by atoms with Crippen molar-refractivity contribution in [1.82, 2.24) is 15.2 Å². The lowest BCUT2D eigenvalue weighted by Crippen LogP contribution is -2.54. The van der Waals surface area contributed by atoms with Crippen LogP contribution >= 0.6 is 11.6 Å². The smallest absolute Gasteiger partial charge is 0.253 e. The topological polar surface area (TPSA) is 45.2 Å². The lowest BCUT2D eigenvalue weighted by atomic mass is 9.88. The number of carbonyl (C=O) groups is 1. The Morgan fingerprint density at radius 1 is 1.38 bits per heavy atom. The maximum absolute atomic E-state index is 12.5. The molecule has 1 saturated heterocycles. The highest BCUT2D eigenvalue weighted by Crippen LogP contribution is 2.24. The van der Waals surface area contributed by atoms with Gasteiger partial charge < -0.3 is 10.2 Å². The third kappa shape index (κ3) is 3.74. The minimum absolute atomic E-state index is 0.0806. The van der Waals surface area contributed by atoms with E-state index in [0.717, 1.165) is 31.5 Å². The minimum atomic E-state index is -0.156. The summed E-state index contributed by atoms with van der Waals surface area (Å²) in [4.78, 5) is 18.9. The number of carbonyl (C=O) groups excluding carboxylic acids is 1. The average molecular weight is 310 g/mol. The molecule has 0 unspecified atom stereocenters. The molecular weight excluding hydrogens is 286 g/mol. The first kappa shape index (κ1) is 16.2. The minimum Gasteiger partial charge on any atom is -0.347 e. The van der Waals surface area contributed by atoms with Crippen molar-refractivity contribution in [3.8, 4) is 0 Å². The fourth-order valence-corrected chi connectivity index (χ4v) is 2.89. The fourth-order valence-electron chi connectivity index (χ4n) is 2.73. The molecule has 1 aliphatic rings. The predicted molar refractivity (Wildman–Crippen MR) is 85.8 cm³/mol. The Morgan fingerprint density at radius 3 is 2.57 bits per heavy atom. The third-order valence-corrected chi connectivity index (χ3v) is 4.83. The number of aromatic nitrogens is 1. The van der Waals surface area contributed by atoms with E-state index in [0.29, 0.717) is 16.6 Å². The van der Waals surface area contributed by atoms with Crippen molar-refractivity contribution >= 4 is 17.5 Å². The molecule has 1 aromatic heterocycles. The third-order valence-electron chi connectivity index (χ3n) is 4.45. The molecule has 0 spiro atoms. The lowest BCUT2D eigenvalue weighted by Gasteiger charge is -2.41. The molecule has 0 saturated carbocycles. The van der Waals surface area contributed by atoms with Crippen molar-refractivity contribution in [2.75, 3.05) is 13.1 Å². The molecule has 116 valence electrons. The largest absolute Gasteiger partial charge is 0.347 e. The van der Waals surface area contributed by atoms with E-state index in [2.05, 4.69) is 36.0 Å². The van der Waals surface area contributed by atoms with Gasteiger partial charge in [0.1, 0.15) is 0 Å². The fraction of sp³-hybridized carbons (Fsp3) is 0.625. The first-order valence-electron chi connectivity index (χ1n) is 7.49. The summed E-state index contributed by atoms with van der Waals surface area (Å²) in [5.41, 5.74) is 1.19. The molecule has 0 atom stereocenters. The second kappa shape index (κ2) is 6.32. The Morgan fingerprint density at radius 2 is 2.00 bits per heavy atom. The number of rotatable bonds is 3. The van der Waals surface area contributed by atoms with E-state index in [9.17, 15) is 4.79 Å². The van der Waals surface area contributed by atoms with Crippen molar-refractivity contribution in [3.63, 3.8) is 0 Å². The van der Waals surface area contributed by atoms with Crippen molar-refractivity contribution in [2.45, 2.75) is 52.1 Å². The quantitative estimate of drug-likeness (QED) is 0.933. The number of halogens is 1. The summed E-state index contributed by atoms with van der Waals surface area (Å²) in [6.07, 6.45) is 5.08. The number of nitrogens with one attached hydrogen (secondary N) is 1. The van der Waals surface area contributed by atoms with Crippen LogP contribution in [-0.4, -0.2) is 40.5 Å². The second-order valence-electron chi connectivity index (χ2n) is 6.44. The molecule has 2 heterocycles. The summed E-state index contributed by atoms with van der Waals surface area (Å²) in [5.74, 6) is -0.0806. The number of pyridine rings is 1. The number of amides is 1. The number of hydrogen-bond acceptors (Lipinski definition) is 3. The Labute approximate surface area is 131 Å². The summed E-state index contributed by atoms with van der Waals surface area (Å²) in [5, 5.41) is 3.70. The van der Waals surface area contributed by atoms with E-state index in [1.54, 1.807) is 12.4 Å². The van der Waals surface area contributed by atoms with Crippen LogP contribution in [-0.2, 0) is 0 Å². The summed E-state index contributed by atoms with van der Waals surface area (Å²) in [7, 11) is 0. The number of piperidine rings is 1. The predicted octanol–water partition coefficient (Wildman–Crippen LogP) is 3.04. The normalized spacial score (nSPS) is 18.8. The average Bonchev–Trinajstić information content (AvgIpc) is 2.41. The monoisotopic (exact) mass is 309 g/mol. The zero-order valence-electron chi connectivity index (χ0n) is 13.2. The van der Waals surface area contributed by atoms with Crippen LogP contribution in [0.25, 0.3) is 0 Å². The van der Waals surface area contributed by atoms with Gasteiger partial charge in [-0.3, -0.25) is 9.78 Å². The van der Waals surface area contributed by atoms with E-state index in [1.807, 2.05) is 6.92 Å². The highest BCUT2D eigenvalue weighted by molar-refractivity contribution is 6.31. The van der Waals surface area contributed by atoms with Gasteiger partial charge in [0.15, 0.2) is 0 Å². The second-order valence-corrected chi connectivity index (χ2v) is 6.85. The molecule has 0 aromatic carbocycles. The first-order chi connectivity index (χ1) is 9.82. The number of hydrogen-bond donors (Lipinski definition) is 1. The van der Waals surface area contributed by atoms with Gasteiger partial charge in [-0.15, -0.1) is 0 Å². The van der Waals surface area contributed by atoms with Crippen LogP contribution in [0.1, 0.15) is 49.5 Å². The molecular formula is C16H24ClN3O. The van der Waals surface area contributed by atoms with Crippen LogP contribution in [0.5, 0.6) is 0 Å². The Balaban J connectivity index is 2.04. The van der Waals surface area contributed by atoms with Gasteiger partial charge in [-0.05, 0) is 46.1 Å². The molecule has 4 nitrogen and oxygen atoms in total. The van der Waals surface area contributed by atoms with Gasteiger partial charge in [-0.25, -0.2) is 0 Å². The van der Waals surface area contributed by atoms with Gasteiger partial charge >= 0.3 is 0 Å². The van der Waals surface area contributed by atoms with Crippen LogP contribution in [0.2, 0.25) is 5.02 Å². The van der Waals surface area contributed by atoms with Crippen molar-refractivity contribution in [2.24, 2.45) is 0 Å². The lowest BCUT2D eigenvalue weighted by molar-refractivity contribution is 0.0800. The van der Waals surface area contributed by atoms with E-state index >= 15 is 0 Å². The molecule has 21 heavy (non-hydrogen) atoms. The van der Waals surface area contributed by atoms with Crippen LogP contribution in [0, 0.1) is 6.92 Å². The van der Waals surface area contributed by atoms with Crippen molar-refractivity contribution in [1.29, 1.82) is 0 Å². The Hall–Kier alpha value is -1.13. The standard InChI is InChI=1S/C16H24ClN3O/c1-11(2)20-7-5-16(4,6-8-20)19-15(21)13-9-18-10-14(17)12(13)3/h9-11H,5-8H2,1-4H3,(H,19,21). The maximum Gasteiger partial charge on any atom is 0.253 e. The van der Waals surface area contributed by atoms with Gasteiger partial charge in [-0.2, -0.15) is 0 Å². The van der Waals surface area contributed by atoms with Gasteiger partial charge in [0, 0.05) is 37.1 Å². The van der Waals surface area contributed by atoms with Crippen molar-refractivity contribution < 1.29 is 4.79 Å². The maximum atomic E-state index is 12.5. The summed E-state index contributed by atoms with van der Waals surface area (Å²) in [6.45, 7) is 10.4. The highest BCUT2D eigenvalue weighted by atomic mass is 35.5. The molecule has 0 bridgehead atoms. The van der Waals surface area contributed by atoms with E-state index < -0.39 is 0 Å². The Kier molecular flexibility index (Phi) is 4.89. The molecule has 1 aliphatic heterocycles. The molecule has 2 rings (SSSR count). The number of likely N-dealkylation sites (tertiary alicyclic amines) is 1. The van der Waals surface area contributed by atoms with Crippen molar-refractivity contribution in [3.05, 3.63) is 28.5 Å². The molecule has 1 N–H and O–H groups in total. The molecule has 1 amide bonds. The van der Waals surface area contributed by atoms with Crippen LogP contribution in [0.4, 0.5) is 0 Å². The van der Waals surface area contributed by atoms with Crippen LogP contribution < -0.4 is 5.32 Å². The highest BCUT2D eigenvalue weighted by Gasteiger charge is 2.32. The van der Waals surface area contributed by atoms with Gasteiger partial charge in [0.25, 0.3) is 5.91 Å². The van der Waals surface area contributed by atoms with Gasteiger partial charge in [0.2, 0.25) is 0 Å². The zero-order chi connectivity index (χ0) is 15.6. The molecule has 0 aliphatic carbocycles. The molecule has 1 aromatic rings. The summed E-state index contributed by atoms with van der Waals surface area (Å²) in [6, 6.07) is 0.560. The summed E-state index contributed by atoms with van der Waals surface area (Å²) < 4.78 is 0. The Bertz CT molecular complexity index is 522. The van der Waals surface area contributed by atoms with Gasteiger partial charge in [-0.1, -0.05) is 11.6 Å². The first-order valence-corrected chi connectivity index (χ1v) is 7.87. The van der Waals surface area contributed by atoms with E-state index in [-0.39, 0.29) is 11.4 Å². The van der Waals surface area contributed by atoms with Crippen LogP contribution in [0.3, 0.4) is 0 Å². The molecule has 0 radical (unpaired) electrons. The molecule has 5 heteroatoms.